The van der Waals surface area contributed by atoms with Gasteiger partial charge in [-0.1, -0.05) is 25.2 Å². The Morgan fingerprint density at radius 3 is 2.64 bits per heavy atom. The summed E-state index contributed by atoms with van der Waals surface area (Å²) in [6, 6.07) is 7.68. The monoisotopic (exact) mass is 315 g/mol. The first kappa shape index (κ1) is 14.6. The molecule has 1 aromatic carbocycles. The molecule has 1 N–H and O–H groups in total. The molecule has 3 rings (SSSR count). The summed E-state index contributed by atoms with van der Waals surface area (Å²) in [7, 11) is 0. The van der Waals surface area contributed by atoms with E-state index in [1.807, 2.05) is 45.0 Å². The molecular formula is C15H17N5OS. The first-order chi connectivity index (χ1) is 10.5. The number of carbonyl (C=O) groups is 1. The van der Waals surface area contributed by atoms with Crippen LogP contribution in [0.15, 0.2) is 24.3 Å². The predicted molar refractivity (Wildman–Crippen MR) is 86.9 cm³/mol. The number of benzene rings is 1. The molecule has 0 bridgehead atoms. The zero-order valence-electron chi connectivity index (χ0n) is 12.7. The van der Waals surface area contributed by atoms with Gasteiger partial charge >= 0.3 is 0 Å². The van der Waals surface area contributed by atoms with Crippen LogP contribution in [0.25, 0.3) is 15.5 Å². The van der Waals surface area contributed by atoms with Crippen LogP contribution in [0.1, 0.15) is 26.1 Å². The first-order valence-electron chi connectivity index (χ1n) is 7.12. The average Bonchev–Trinajstić information content (AvgIpc) is 3.01. The number of aromatic nitrogens is 4. The molecule has 7 heteroatoms. The zero-order chi connectivity index (χ0) is 15.7. The second-order valence-electron chi connectivity index (χ2n) is 5.57. The van der Waals surface area contributed by atoms with Crippen molar-refractivity contribution in [2.45, 2.75) is 27.2 Å². The molecule has 6 nitrogen and oxygen atoms in total. The Morgan fingerprint density at radius 2 is 2.00 bits per heavy atom. The van der Waals surface area contributed by atoms with Crippen LogP contribution in [0, 0.1) is 12.8 Å². The van der Waals surface area contributed by atoms with Gasteiger partial charge in [-0.2, -0.15) is 9.61 Å². The van der Waals surface area contributed by atoms with Crippen LogP contribution in [-0.2, 0) is 4.79 Å². The number of nitrogens with one attached hydrogen (secondary N) is 1. The largest absolute Gasteiger partial charge is 0.326 e. The molecule has 0 saturated heterocycles. The lowest BCUT2D eigenvalue weighted by molar-refractivity contribution is -0.116. The lowest BCUT2D eigenvalue weighted by Crippen LogP contribution is -2.13. The van der Waals surface area contributed by atoms with Crippen LogP contribution in [0.2, 0.25) is 0 Å². The van der Waals surface area contributed by atoms with Gasteiger partial charge in [0.1, 0.15) is 5.01 Å². The fraction of sp³-hybridized carbons (Fsp3) is 0.333. The topological polar surface area (TPSA) is 72.2 Å². The molecular weight excluding hydrogens is 298 g/mol. The minimum Gasteiger partial charge on any atom is -0.326 e. The van der Waals surface area contributed by atoms with Crippen molar-refractivity contribution in [2.24, 2.45) is 5.92 Å². The number of carbonyl (C=O) groups excluding carboxylic acids is 1. The van der Waals surface area contributed by atoms with Crippen molar-refractivity contribution in [1.29, 1.82) is 0 Å². The molecule has 114 valence electrons. The van der Waals surface area contributed by atoms with Crippen LogP contribution in [-0.4, -0.2) is 25.7 Å². The molecule has 1 amide bonds. The van der Waals surface area contributed by atoms with Gasteiger partial charge in [0.15, 0.2) is 5.82 Å². The van der Waals surface area contributed by atoms with Gasteiger partial charge in [0, 0.05) is 17.7 Å². The maximum absolute atomic E-state index is 11.8. The SMILES string of the molecule is Cc1nnc2sc(-c3ccc(NC(=O)CC(C)C)cc3)nn12. The summed E-state index contributed by atoms with van der Waals surface area (Å²) in [6.07, 6.45) is 0.526. The Kier molecular flexibility index (Phi) is 3.89. The normalized spacial score (nSPS) is 11.3. The maximum atomic E-state index is 11.8. The second-order valence-corrected chi connectivity index (χ2v) is 6.53. The van der Waals surface area contributed by atoms with Gasteiger partial charge in [0.05, 0.1) is 0 Å². The quantitative estimate of drug-likeness (QED) is 0.803. The van der Waals surface area contributed by atoms with E-state index in [4.69, 9.17) is 0 Å². The lowest BCUT2D eigenvalue weighted by Gasteiger charge is -2.07. The van der Waals surface area contributed by atoms with Gasteiger partial charge in [0.25, 0.3) is 0 Å². The smallest absolute Gasteiger partial charge is 0.234 e. The molecule has 0 radical (unpaired) electrons. The van der Waals surface area contributed by atoms with E-state index in [-0.39, 0.29) is 5.91 Å². The van der Waals surface area contributed by atoms with Crippen molar-refractivity contribution in [2.75, 3.05) is 5.32 Å². The fourth-order valence-electron chi connectivity index (χ4n) is 2.11. The molecule has 0 aliphatic rings. The summed E-state index contributed by atoms with van der Waals surface area (Å²) in [6.45, 7) is 5.92. The minimum atomic E-state index is 0.0390. The maximum Gasteiger partial charge on any atom is 0.234 e. The lowest BCUT2D eigenvalue weighted by atomic mass is 10.1. The molecule has 0 spiro atoms. The van der Waals surface area contributed by atoms with E-state index in [1.54, 1.807) is 4.52 Å². The number of anilines is 1. The molecule has 0 unspecified atom stereocenters. The predicted octanol–water partition coefficient (Wildman–Crippen LogP) is 3.15. The Morgan fingerprint density at radius 1 is 1.27 bits per heavy atom. The Bertz CT molecular complexity index is 803. The number of rotatable bonds is 4. The van der Waals surface area contributed by atoms with Crippen molar-refractivity contribution in [3.63, 3.8) is 0 Å². The van der Waals surface area contributed by atoms with Gasteiger partial charge in [-0.25, -0.2) is 0 Å². The molecule has 0 saturated carbocycles. The number of hydrogen-bond donors (Lipinski definition) is 1. The van der Waals surface area contributed by atoms with Crippen molar-refractivity contribution < 1.29 is 4.79 Å². The highest BCUT2D eigenvalue weighted by Crippen LogP contribution is 2.26. The first-order valence-corrected chi connectivity index (χ1v) is 7.93. The van der Waals surface area contributed by atoms with E-state index >= 15 is 0 Å². The third-order valence-electron chi connectivity index (χ3n) is 3.16. The van der Waals surface area contributed by atoms with E-state index < -0.39 is 0 Å². The van der Waals surface area contributed by atoms with Gasteiger partial charge in [-0.3, -0.25) is 4.79 Å². The number of fused-ring (bicyclic) bond motifs is 1. The van der Waals surface area contributed by atoms with Crippen LogP contribution in [0.5, 0.6) is 0 Å². The van der Waals surface area contributed by atoms with E-state index in [0.717, 1.165) is 27.0 Å². The van der Waals surface area contributed by atoms with Crippen molar-refractivity contribution in [3.05, 3.63) is 30.1 Å². The number of nitrogens with zero attached hydrogens (tertiary/aromatic N) is 4. The van der Waals surface area contributed by atoms with Crippen LogP contribution < -0.4 is 5.32 Å². The summed E-state index contributed by atoms with van der Waals surface area (Å²) in [5, 5.41) is 16.3. The fourth-order valence-corrected chi connectivity index (χ4v) is 3.00. The molecule has 0 atom stereocenters. The third kappa shape index (κ3) is 2.99. The Hall–Kier alpha value is -2.28. The summed E-state index contributed by atoms with van der Waals surface area (Å²) in [4.78, 5) is 12.5. The highest BCUT2D eigenvalue weighted by molar-refractivity contribution is 7.19. The summed E-state index contributed by atoms with van der Waals surface area (Å²) in [5.74, 6) is 1.16. The van der Waals surface area contributed by atoms with Crippen molar-refractivity contribution in [1.82, 2.24) is 19.8 Å². The third-order valence-corrected chi connectivity index (χ3v) is 4.10. The summed E-state index contributed by atoms with van der Waals surface area (Å²) >= 11 is 1.49. The molecule has 2 aromatic heterocycles. The van der Waals surface area contributed by atoms with Crippen molar-refractivity contribution >= 4 is 27.9 Å². The average molecular weight is 315 g/mol. The van der Waals surface area contributed by atoms with E-state index in [9.17, 15) is 4.79 Å². The second kappa shape index (κ2) is 5.84. The molecule has 3 aromatic rings. The minimum absolute atomic E-state index is 0.0390. The molecule has 0 fully saturated rings. The molecule has 0 aliphatic heterocycles. The molecule has 22 heavy (non-hydrogen) atoms. The zero-order valence-corrected chi connectivity index (χ0v) is 13.5. The summed E-state index contributed by atoms with van der Waals surface area (Å²) in [5.41, 5.74) is 1.80. The van der Waals surface area contributed by atoms with E-state index in [1.165, 1.54) is 11.3 Å². The van der Waals surface area contributed by atoms with E-state index in [2.05, 4.69) is 20.6 Å². The standard InChI is InChI=1S/C15H17N5OS/c1-9(2)8-13(21)16-12-6-4-11(5-7-12)14-19-20-10(3)17-18-15(20)22-14/h4-7,9H,8H2,1-3H3,(H,16,21). The summed E-state index contributed by atoms with van der Waals surface area (Å²) < 4.78 is 1.73. The van der Waals surface area contributed by atoms with Gasteiger partial charge in [0.2, 0.25) is 10.9 Å². The van der Waals surface area contributed by atoms with Gasteiger partial charge in [-0.05, 0) is 37.1 Å². The number of hydrogen-bond acceptors (Lipinski definition) is 5. The number of amides is 1. The highest BCUT2D eigenvalue weighted by Gasteiger charge is 2.11. The van der Waals surface area contributed by atoms with E-state index in [0.29, 0.717) is 12.3 Å². The molecule has 0 aliphatic carbocycles. The van der Waals surface area contributed by atoms with Crippen molar-refractivity contribution in [3.8, 4) is 10.6 Å². The highest BCUT2D eigenvalue weighted by atomic mass is 32.1. The Labute approximate surface area is 132 Å². The Balaban J connectivity index is 1.77. The molecule has 2 heterocycles. The van der Waals surface area contributed by atoms with Crippen LogP contribution in [0.3, 0.4) is 0 Å². The number of aryl methyl sites for hydroxylation is 1. The van der Waals surface area contributed by atoms with Crippen LogP contribution >= 0.6 is 11.3 Å². The van der Waals surface area contributed by atoms with Gasteiger partial charge in [-0.15, -0.1) is 10.2 Å². The van der Waals surface area contributed by atoms with Gasteiger partial charge < -0.3 is 5.32 Å². The van der Waals surface area contributed by atoms with Crippen LogP contribution in [0.4, 0.5) is 5.69 Å².